The van der Waals surface area contributed by atoms with Gasteiger partial charge in [0.1, 0.15) is 0 Å². The van der Waals surface area contributed by atoms with Crippen molar-refractivity contribution in [3.05, 3.63) is 72.6 Å². The molecule has 0 radical (unpaired) electrons. The van der Waals surface area contributed by atoms with Crippen LogP contribution < -0.4 is 0 Å². The Balaban J connectivity index is 1.37. The summed E-state index contributed by atoms with van der Waals surface area (Å²) in [7, 11) is 0. The predicted octanol–water partition coefficient (Wildman–Crippen LogP) is 2.15. The number of piperidine rings is 1. The first kappa shape index (κ1) is 17.0. The van der Waals surface area contributed by atoms with Crippen molar-refractivity contribution in [3.8, 4) is 0 Å². The molecular weight excluding hydrogens is 326 g/mol. The first-order chi connectivity index (χ1) is 12.7. The van der Waals surface area contributed by atoms with Crippen molar-refractivity contribution in [2.45, 2.75) is 38.1 Å². The van der Waals surface area contributed by atoms with Gasteiger partial charge in [0, 0.05) is 44.4 Å². The third-order valence-corrected chi connectivity index (χ3v) is 5.23. The molecule has 1 aromatic carbocycles. The molecule has 6 nitrogen and oxygen atoms in total. The van der Waals surface area contributed by atoms with Gasteiger partial charge >= 0.3 is 0 Å². The minimum Gasteiger partial charge on any atom is -0.388 e. The fourth-order valence-electron chi connectivity index (χ4n) is 3.68. The van der Waals surface area contributed by atoms with Gasteiger partial charge in [-0.2, -0.15) is 5.10 Å². The van der Waals surface area contributed by atoms with Crippen molar-refractivity contribution in [2.24, 2.45) is 0 Å². The summed E-state index contributed by atoms with van der Waals surface area (Å²) in [5, 5.41) is 15.2. The SMILES string of the molecule is OC1(Cn2ccnc2)CCN(Cc2ccccc2Cn2cccn2)CC1. The van der Waals surface area contributed by atoms with E-state index >= 15 is 0 Å². The summed E-state index contributed by atoms with van der Waals surface area (Å²) >= 11 is 0. The van der Waals surface area contributed by atoms with Crippen molar-refractivity contribution in [1.29, 1.82) is 0 Å². The highest BCUT2D eigenvalue weighted by Crippen LogP contribution is 2.25. The van der Waals surface area contributed by atoms with Crippen molar-refractivity contribution < 1.29 is 5.11 Å². The molecule has 4 rings (SSSR count). The Bertz CT molecular complexity index is 805. The number of benzene rings is 1. The predicted molar refractivity (Wildman–Crippen MR) is 99.5 cm³/mol. The molecule has 0 atom stereocenters. The Morgan fingerprint density at radius 2 is 1.73 bits per heavy atom. The second kappa shape index (κ2) is 7.43. The Kier molecular flexibility index (Phi) is 4.86. The quantitative estimate of drug-likeness (QED) is 0.739. The number of aromatic nitrogens is 4. The Morgan fingerprint density at radius 3 is 2.38 bits per heavy atom. The van der Waals surface area contributed by atoms with Crippen LogP contribution >= 0.6 is 0 Å². The maximum absolute atomic E-state index is 10.9. The van der Waals surface area contributed by atoms with E-state index in [1.165, 1.54) is 11.1 Å². The van der Waals surface area contributed by atoms with Crippen LogP contribution in [0, 0.1) is 0 Å². The Hall–Kier alpha value is -2.44. The highest BCUT2D eigenvalue weighted by molar-refractivity contribution is 5.27. The van der Waals surface area contributed by atoms with Gasteiger partial charge in [0.2, 0.25) is 0 Å². The highest BCUT2D eigenvalue weighted by atomic mass is 16.3. The van der Waals surface area contributed by atoms with Crippen molar-refractivity contribution in [1.82, 2.24) is 24.2 Å². The molecule has 2 aromatic heterocycles. The van der Waals surface area contributed by atoms with Crippen LogP contribution in [-0.4, -0.2) is 48.0 Å². The molecule has 136 valence electrons. The van der Waals surface area contributed by atoms with Crippen LogP contribution in [0.4, 0.5) is 0 Å². The molecule has 0 saturated carbocycles. The lowest BCUT2D eigenvalue weighted by molar-refractivity contribution is -0.0358. The first-order valence-corrected chi connectivity index (χ1v) is 9.15. The van der Waals surface area contributed by atoms with Crippen molar-refractivity contribution >= 4 is 0 Å². The van der Waals surface area contributed by atoms with E-state index in [4.69, 9.17) is 0 Å². The van der Waals surface area contributed by atoms with Crippen LogP contribution in [0.2, 0.25) is 0 Å². The van der Waals surface area contributed by atoms with E-state index in [1.807, 2.05) is 33.9 Å². The molecule has 1 fully saturated rings. The Labute approximate surface area is 153 Å². The molecule has 1 aliphatic heterocycles. The van der Waals surface area contributed by atoms with Crippen molar-refractivity contribution in [2.75, 3.05) is 13.1 Å². The fourth-order valence-corrected chi connectivity index (χ4v) is 3.68. The minimum atomic E-state index is -0.633. The maximum atomic E-state index is 10.9. The molecule has 26 heavy (non-hydrogen) atoms. The number of likely N-dealkylation sites (tertiary alicyclic amines) is 1. The number of aliphatic hydroxyl groups is 1. The molecule has 3 aromatic rings. The molecule has 0 bridgehead atoms. The maximum Gasteiger partial charge on any atom is 0.0946 e. The molecule has 1 N–H and O–H groups in total. The molecule has 1 saturated heterocycles. The molecule has 6 heteroatoms. The largest absolute Gasteiger partial charge is 0.388 e. The summed E-state index contributed by atoms with van der Waals surface area (Å²) in [6, 6.07) is 10.5. The van der Waals surface area contributed by atoms with Crippen LogP contribution in [0.25, 0.3) is 0 Å². The van der Waals surface area contributed by atoms with Crippen LogP contribution in [-0.2, 0) is 19.6 Å². The van der Waals surface area contributed by atoms with Gasteiger partial charge in [0.05, 0.1) is 25.0 Å². The van der Waals surface area contributed by atoms with Gasteiger partial charge in [-0.05, 0) is 30.0 Å². The van der Waals surface area contributed by atoms with E-state index in [9.17, 15) is 5.11 Å². The van der Waals surface area contributed by atoms with E-state index < -0.39 is 5.60 Å². The van der Waals surface area contributed by atoms with Crippen LogP contribution in [0.15, 0.2) is 61.4 Å². The average Bonchev–Trinajstić information content (AvgIpc) is 3.33. The van der Waals surface area contributed by atoms with E-state index in [1.54, 1.807) is 12.5 Å². The number of hydrogen-bond acceptors (Lipinski definition) is 4. The van der Waals surface area contributed by atoms with E-state index in [0.29, 0.717) is 6.54 Å². The summed E-state index contributed by atoms with van der Waals surface area (Å²) < 4.78 is 3.92. The summed E-state index contributed by atoms with van der Waals surface area (Å²) in [4.78, 5) is 6.50. The molecule has 0 aliphatic carbocycles. The van der Waals surface area contributed by atoms with E-state index in [-0.39, 0.29) is 0 Å². The molecule has 0 unspecified atom stereocenters. The lowest BCUT2D eigenvalue weighted by Crippen LogP contribution is -2.46. The van der Waals surface area contributed by atoms with Gasteiger partial charge in [0.25, 0.3) is 0 Å². The summed E-state index contributed by atoms with van der Waals surface area (Å²) in [6.45, 7) is 4.14. The van der Waals surface area contributed by atoms with Gasteiger partial charge in [0.15, 0.2) is 0 Å². The summed E-state index contributed by atoms with van der Waals surface area (Å²) in [6.07, 6.45) is 10.8. The van der Waals surface area contributed by atoms with E-state index in [0.717, 1.165) is 39.0 Å². The third kappa shape index (κ3) is 4.03. The van der Waals surface area contributed by atoms with Crippen LogP contribution in [0.5, 0.6) is 0 Å². The standard InChI is InChI=1S/C20H25N5O/c26-20(16-24-13-9-21-17-24)6-11-23(12-7-20)14-18-4-1-2-5-19(18)15-25-10-3-8-22-25/h1-5,8-10,13,17,26H,6-7,11-12,14-16H2. The number of imidazole rings is 1. The molecule has 0 spiro atoms. The van der Waals surface area contributed by atoms with Gasteiger partial charge in [-0.3, -0.25) is 9.58 Å². The summed E-state index contributed by atoms with van der Waals surface area (Å²) in [5.41, 5.74) is 2.00. The monoisotopic (exact) mass is 351 g/mol. The van der Waals surface area contributed by atoms with E-state index in [2.05, 4.69) is 39.2 Å². The van der Waals surface area contributed by atoms with Crippen LogP contribution in [0.3, 0.4) is 0 Å². The first-order valence-electron chi connectivity index (χ1n) is 9.15. The zero-order valence-corrected chi connectivity index (χ0v) is 14.9. The Morgan fingerprint density at radius 1 is 0.962 bits per heavy atom. The average molecular weight is 351 g/mol. The number of rotatable bonds is 6. The zero-order chi connectivity index (χ0) is 17.8. The smallest absolute Gasteiger partial charge is 0.0946 e. The minimum absolute atomic E-state index is 0.622. The fraction of sp³-hybridized carbons (Fsp3) is 0.400. The number of nitrogens with zero attached hydrogens (tertiary/aromatic N) is 5. The third-order valence-electron chi connectivity index (χ3n) is 5.23. The topological polar surface area (TPSA) is 59.1 Å². The second-order valence-electron chi connectivity index (χ2n) is 7.21. The molecule has 3 heterocycles. The normalized spacial score (nSPS) is 17.4. The molecule has 1 aliphatic rings. The molecular formula is C20H25N5O. The second-order valence-corrected chi connectivity index (χ2v) is 7.21. The van der Waals surface area contributed by atoms with Gasteiger partial charge in [-0.15, -0.1) is 0 Å². The summed E-state index contributed by atoms with van der Waals surface area (Å²) in [5.74, 6) is 0. The lowest BCUT2D eigenvalue weighted by Gasteiger charge is -2.38. The zero-order valence-electron chi connectivity index (χ0n) is 14.9. The van der Waals surface area contributed by atoms with Gasteiger partial charge < -0.3 is 9.67 Å². The van der Waals surface area contributed by atoms with Crippen LogP contribution in [0.1, 0.15) is 24.0 Å². The van der Waals surface area contributed by atoms with Crippen molar-refractivity contribution in [3.63, 3.8) is 0 Å². The lowest BCUT2D eigenvalue weighted by atomic mass is 9.91. The molecule has 0 amide bonds. The number of hydrogen-bond donors (Lipinski definition) is 1. The van der Waals surface area contributed by atoms with Gasteiger partial charge in [-0.25, -0.2) is 4.98 Å². The van der Waals surface area contributed by atoms with Gasteiger partial charge in [-0.1, -0.05) is 24.3 Å². The highest BCUT2D eigenvalue weighted by Gasteiger charge is 2.32.